The van der Waals surface area contributed by atoms with Crippen LogP contribution in [0.1, 0.15) is 0 Å². The summed E-state index contributed by atoms with van der Waals surface area (Å²) in [4.78, 5) is 23.1. The lowest BCUT2D eigenvalue weighted by atomic mass is 10.1. The first-order chi connectivity index (χ1) is 8.04. The van der Waals surface area contributed by atoms with Gasteiger partial charge in [0, 0.05) is 6.07 Å². The molecule has 7 nitrogen and oxygen atoms in total. The van der Waals surface area contributed by atoms with E-state index in [0.717, 1.165) is 0 Å². The van der Waals surface area contributed by atoms with Gasteiger partial charge in [0.15, 0.2) is 5.75 Å². The Kier molecular flexibility index (Phi) is 2.68. The van der Waals surface area contributed by atoms with Crippen LogP contribution in [-0.2, 0) is 4.79 Å². The van der Waals surface area contributed by atoms with Crippen molar-refractivity contribution < 1.29 is 14.5 Å². The number of rotatable bonds is 3. The summed E-state index contributed by atoms with van der Waals surface area (Å²) in [7, 11) is 1.35. The topological polar surface area (TPSA) is 98.7 Å². The van der Waals surface area contributed by atoms with Gasteiger partial charge in [-0.25, -0.2) is 0 Å². The number of hydrogen-bond acceptors (Lipinski definition) is 5. The number of nitrogens with two attached hydrogens (primary N) is 1. The molecule has 2 N–H and O–H groups in total. The Bertz CT molecular complexity index is 488. The normalized spacial score (nSPS) is 18.8. The van der Waals surface area contributed by atoms with Crippen LogP contribution in [0.3, 0.4) is 0 Å². The van der Waals surface area contributed by atoms with Gasteiger partial charge in [-0.2, -0.15) is 0 Å². The minimum absolute atomic E-state index is 0.163. The molecule has 0 radical (unpaired) electrons. The SMILES string of the molecule is COc1ccc(N2CC(N)C2=O)cc1[N+](=O)[O-]. The number of nitro groups is 1. The maximum Gasteiger partial charge on any atom is 0.312 e. The standard InChI is InChI=1S/C10H11N3O4/c1-17-9-3-2-6(4-8(9)13(15)16)12-5-7(11)10(12)14/h2-4,7H,5,11H2,1H3. The van der Waals surface area contributed by atoms with Crippen LogP contribution in [0.5, 0.6) is 5.75 Å². The molecule has 1 amide bonds. The highest BCUT2D eigenvalue weighted by atomic mass is 16.6. The van der Waals surface area contributed by atoms with Crippen molar-refractivity contribution in [2.24, 2.45) is 5.73 Å². The molecule has 1 aromatic carbocycles. The fraction of sp³-hybridized carbons (Fsp3) is 0.300. The highest BCUT2D eigenvalue weighted by Crippen LogP contribution is 2.32. The largest absolute Gasteiger partial charge is 0.490 e. The molecule has 1 aliphatic heterocycles. The van der Waals surface area contributed by atoms with Crippen molar-refractivity contribution in [1.82, 2.24) is 0 Å². The number of carbonyl (C=O) groups is 1. The fourth-order valence-corrected chi connectivity index (χ4v) is 1.67. The van der Waals surface area contributed by atoms with E-state index in [2.05, 4.69) is 0 Å². The Balaban J connectivity index is 2.35. The van der Waals surface area contributed by atoms with Crippen LogP contribution < -0.4 is 15.4 Å². The Labute approximate surface area is 96.9 Å². The number of benzene rings is 1. The number of hydrogen-bond donors (Lipinski definition) is 1. The number of anilines is 1. The number of methoxy groups -OCH3 is 1. The van der Waals surface area contributed by atoms with E-state index < -0.39 is 11.0 Å². The first-order valence-corrected chi connectivity index (χ1v) is 4.94. The molecule has 1 fully saturated rings. The van der Waals surface area contributed by atoms with Gasteiger partial charge in [0.25, 0.3) is 0 Å². The summed E-state index contributed by atoms with van der Waals surface area (Å²) in [5.74, 6) is -0.0690. The predicted octanol–water partition coefficient (Wildman–Crippen LogP) is 0.277. The summed E-state index contributed by atoms with van der Waals surface area (Å²) in [5, 5.41) is 10.8. The zero-order valence-electron chi connectivity index (χ0n) is 9.12. The third-order valence-corrected chi connectivity index (χ3v) is 2.63. The summed E-state index contributed by atoms with van der Waals surface area (Å²) in [6.45, 7) is 0.377. The maximum absolute atomic E-state index is 11.4. The van der Waals surface area contributed by atoms with Crippen molar-refractivity contribution >= 4 is 17.3 Å². The fourth-order valence-electron chi connectivity index (χ4n) is 1.67. The van der Waals surface area contributed by atoms with Crippen LogP contribution in [0.15, 0.2) is 18.2 Å². The molecule has 0 spiro atoms. The highest BCUT2D eigenvalue weighted by molar-refractivity contribution is 6.04. The van der Waals surface area contributed by atoms with Gasteiger partial charge < -0.3 is 15.4 Å². The van der Waals surface area contributed by atoms with Crippen molar-refractivity contribution in [2.45, 2.75) is 6.04 Å². The van der Waals surface area contributed by atoms with Crippen LogP contribution in [0, 0.1) is 10.1 Å². The molecular formula is C10H11N3O4. The first kappa shape index (κ1) is 11.3. The number of nitrogens with zero attached hydrogens (tertiary/aromatic N) is 2. The molecule has 90 valence electrons. The molecule has 0 bridgehead atoms. The lowest BCUT2D eigenvalue weighted by molar-refractivity contribution is -0.385. The van der Waals surface area contributed by atoms with Gasteiger partial charge in [-0.15, -0.1) is 0 Å². The van der Waals surface area contributed by atoms with E-state index in [1.54, 1.807) is 6.07 Å². The molecule has 1 heterocycles. The van der Waals surface area contributed by atoms with E-state index in [1.165, 1.54) is 24.1 Å². The molecular weight excluding hydrogens is 226 g/mol. The minimum Gasteiger partial charge on any atom is -0.490 e. The zero-order chi connectivity index (χ0) is 12.6. The molecule has 1 unspecified atom stereocenters. The number of nitro benzene ring substituents is 1. The molecule has 1 saturated heterocycles. The smallest absolute Gasteiger partial charge is 0.312 e. The second-order valence-electron chi connectivity index (χ2n) is 3.67. The summed E-state index contributed by atoms with van der Waals surface area (Å²) < 4.78 is 4.87. The van der Waals surface area contributed by atoms with Gasteiger partial charge in [0.2, 0.25) is 5.91 Å². The van der Waals surface area contributed by atoms with E-state index in [-0.39, 0.29) is 17.3 Å². The van der Waals surface area contributed by atoms with E-state index in [1.807, 2.05) is 0 Å². The van der Waals surface area contributed by atoms with Gasteiger partial charge in [-0.1, -0.05) is 0 Å². The van der Waals surface area contributed by atoms with Crippen LogP contribution >= 0.6 is 0 Å². The Hall–Kier alpha value is -2.15. The van der Waals surface area contributed by atoms with Crippen LogP contribution in [0.2, 0.25) is 0 Å². The average molecular weight is 237 g/mol. The summed E-state index contributed by atoms with van der Waals surface area (Å²) >= 11 is 0. The van der Waals surface area contributed by atoms with Crippen molar-refractivity contribution in [1.29, 1.82) is 0 Å². The van der Waals surface area contributed by atoms with Gasteiger partial charge in [0.05, 0.1) is 24.3 Å². The Morgan fingerprint density at radius 2 is 2.29 bits per heavy atom. The number of amides is 1. The average Bonchev–Trinajstić information content (AvgIpc) is 2.34. The van der Waals surface area contributed by atoms with E-state index >= 15 is 0 Å². The lowest BCUT2D eigenvalue weighted by Crippen LogP contribution is -2.61. The molecule has 0 aliphatic carbocycles. The van der Waals surface area contributed by atoms with Crippen LogP contribution in [-0.4, -0.2) is 30.5 Å². The maximum atomic E-state index is 11.4. The monoisotopic (exact) mass is 237 g/mol. The first-order valence-electron chi connectivity index (χ1n) is 4.94. The molecule has 17 heavy (non-hydrogen) atoms. The number of β-lactam (4-membered cyclic amide) rings is 1. The van der Waals surface area contributed by atoms with Gasteiger partial charge in [-0.05, 0) is 12.1 Å². The van der Waals surface area contributed by atoms with Crippen molar-refractivity contribution in [2.75, 3.05) is 18.6 Å². The zero-order valence-corrected chi connectivity index (χ0v) is 9.12. The summed E-state index contributed by atoms with van der Waals surface area (Å²) in [5.41, 5.74) is 5.75. The lowest BCUT2D eigenvalue weighted by Gasteiger charge is -2.35. The number of ether oxygens (including phenoxy) is 1. The molecule has 1 aliphatic rings. The molecule has 0 aromatic heterocycles. The molecule has 2 rings (SSSR count). The molecule has 1 aromatic rings. The third-order valence-electron chi connectivity index (χ3n) is 2.63. The van der Waals surface area contributed by atoms with E-state index in [4.69, 9.17) is 10.5 Å². The van der Waals surface area contributed by atoms with Crippen molar-refractivity contribution in [3.8, 4) is 5.75 Å². The quantitative estimate of drug-likeness (QED) is 0.462. The van der Waals surface area contributed by atoms with Gasteiger partial charge in [0.1, 0.15) is 6.04 Å². The van der Waals surface area contributed by atoms with E-state index in [9.17, 15) is 14.9 Å². The Morgan fingerprint density at radius 3 is 2.76 bits per heavy atom. The minimum atomic E-state index is -0.549. The van der Waals surface area contributed by atoms with Crippen LogP contribution in [0.4, 0.5) is 11.4 Å². The van der Waals surface area contributed by atoms with E-state index in [0.29, 0.717) is 12.2 Å². The van der Waals surface area contributed by atoms with Gasteiger partial charge in [-0.3, -0.25) is 14.9 Å². The molecule has 7 heteroatoms. The molecule has 0 saturated carbocycles. The number of carbonyl (C=O) groups excluding carboxylic acids is 1. The third kappa shape index (κ3) is 1.80. The second kappa shape index (κ2) is 4.02. The predicted molar refractivity (Wildman–Crippen MR) is 60.0 cm³/mol. The van der Waals surface area contributed by atoms with Crippen LogP contribution in [0.25, 0.3) is 0 Å². The van der Waals surface area contributed by atoms with Crippen molar-refractivity contribution in [3.63, 3.8) is 0 Å². The Morgan fingerprint density at radius 1 is 1.59 bits per heavy atom. The summed E-state index contributed by atoms with van der Waals surface area (Å²) in [6.07, 6.45) is 0. The van der Waals surface area contributed by atoms with Crippen molar-refractivity contribution in [3.05, 3.63) is 28.3 Å². The second-order valence-corrected chi connectivity index (χ2v) is 3.67. The highest BCUT2D eigenvalue weighted by Gasteiger charge is 2.35. The summed E-state index contributed by atoms with van der Waals surface area (Å²) in [6, 6.07) is 3.86. The van der Waals surface area contributed by atoms with Gasteiger partial charge >= 0.3 is 5.69 Å². The molecule has 1 atom stereocenters.